The van der Waals surface area contributed by atoms with Crippen LogP contribution in [0.2, 0.25) is 0 Å². The van der Waals surface area contributed by atoms with Gasteiger partial charge in [-0.3, -0.25) is 11.3 Å². The topological polar surface area (TPSA) is 72.2 Å². The Morgan fingerprint density at radius 2 is 2.15 bits per heavy atom. The zero-order valence-electron chi connectivity index (χ0n) is 12.5. The zero-order chi connectivity index (χ0) is 14.6. The van der Waals surface area contributed by atoms with Crippen molar-refractivity contribution in [1.29, 1.82) is 0 Å². The van der Waals surface area contributed by atoms with E-state index < -0.39 is 9.84 Å². The molecule has 0 aliphatic heterocycles. The summed E-state index contributed by atoms with van der Waals surface area (Å²) in [6.07, 6.45) is 13.3. The molecule has 0 bridgehead atoms. The van der Waals surface area contributed by atoms with Crippen molar-refractivity contribution in [3.05, 3.63) is 11.6 Å². The molecule has 20 heavy (non-hydrogen) atoms. The number of hydrogen-bond donors (Lipinski definition) is 2. The second kappa shape index (κ2) is 7.05. The van der Waals surface area contributed by atoms with Crippen molar-refractivity contribution >= 4 is 9.84 Å². The molecule has 5 heteroatoms. The lowest BCUT2D eigenvalue weighted by molar-refractivity contribution is 0.267. The fourth-order valence-electron chi connectivity index (χ4n) is 3.67. The number of allylic oxidation sites excluding steroid dienone is 1. The van der Waals surface area contributed by atoms with Crippen LogP contribution in [0.1, 0.15) is 57.8 Å². The maximum Gasteiger partial charge on any atom is 0.150 e. The van der Waals surface area contributed by atoms with Crippen LogP contribution >= 0.6 is 0 Å². The van der Waals surface area contributed by atoms with Gasteiger partial charge in [0, 0.05) is 12.3 Å². The van der Waals surface area contributed by atoms with Crippen LogP contribution in [0, 0.1) is 5.92 Å². The van der Waals surface area contributed by atoms with Gasteiger partial charge in [0.15, 0.2) is 0 Å². The molecule has 2 aliphatic rings. The third-order valence-electron chi connectivity index (χ3n) is 4.92. The lowest BCUT2D eigenvalue weighted by Gasteiger charge is -2.34. The predicted octanol–water partition coefficient (Wildman–Crippen LogP) is 2.31. The number of nitrogens with two attached hydrogens (primary N) is 1. The van der Waals surface area contributed by atoms with E-state index >= 15 is 0 Å². The van der Waals surface area contributed by atoms with E-state index in [0.717, 1.165) is 32.1 Å². The molecule has 0 heterocycles. The third kappa shape index (κ3) is 4.30. The van der Waals surface area contributed by atoms with Crippen LogP contribution in [-0.2, 0) is 9.84 Å². The number of rotatable bonds is 5. The van der Waals surface area contributed by atoms with E-state index in [-0.39, 0.29) is 11.3 Å². The van der Waals surface area contributed by atoms with Crippen molar-refractivity contribution in [2.24, 2.45) is 11.8 Å². The standard InChI is InChI=1S/C15H28N2O2S/c1-20(18,19)14-9-5-8-13(11-14)15(17-16)10-12-6-3-2-4-7-12/h6,13-15,17H,2-5,7-11,16H2,1H3. The Morgan fingerprint density at radius 3 is 2.75 bits per heavy atom. The van der Waals surface area contributed by atoms with Crippen molar-refractivity contribution in [2.75, 3.05) is 6.26 Å². The van der Waals surface area contributed by atoms with Gasteiger partial charge in [0.2, 0.25) is 0 Å². The second-order valence-corrected chi connectivity index (χ2v) is 8.79. The number of hydrazine groups is 1. The molecule has 0 radical (unpaired) electrons. The predicted molar refractivity (Wildman–Crippen MR) is 82.9 cm³/mol. The Balaban J connectivity index is 1.98. The van der Waals surface area contributed by atoms with Crippen LogP contribution in [-0.4, -0.2) is 26.0 Å². The van der Waals surface area contributed by atoms with Crippen molar-refractivity contribution in [3.63, 3.8) is 0 Å². The van der Waals surface area contributed by atoms with Crippen LogP contribution in [0.25, 0.3) is 0 Å². The Hall–Kier alpha value is -0.390. The van der Waals surface area contributed by atoms with Crippen molar-refractivity contribution < 1.29 is 8.42 Å². The van der Waals surface area contributed by atoms with Gasteiger partial charge in [-0.2, -0.15) is 0 Å². The number of sulfone groups is 1. The fraction of sp³-hybridized carbons (Fsp3) is 0.867. The monoisotopic (exact) mass is 300 g/mol. The average molecular weight is 300 g/mol. The van der Waals surface area contributed by atoms with Crippen LogP contribution in [0.4, 0.5) is 0 Å². The molecule has 1 saturated carbocycles. The zero-order valence-corrected chi connectivity index (χ0v) is 13.3. The van der Waals surface area contributed by atoms with Crippen LogP contribution < -0.4 is 11.3 Å². The average Bonchev–Trinajstić information content (AvgIpc) is 2.45. The number of hydrogen-bond acceptors (Lipinski definition) is 4. The van der Waals surface area contributed by atoms with Gasteiger partial charge in [-0.1, -0.05) is 18.1 Å². The highest BCUT2D eigenvalue weighted by Crippen LogP contribution is 2.33. The first-order chi connectivity index (χ1) is 9.50. The minimum Gasteiger partial charge on any atom is -0.271 e. The molecule has 0 amide bonds. The van der Waals surface area contributed by atoms with E-state index in [4.69, 9.17) is 5.84 Å². The lowest BCUT2D eigenvalue weighted by Crippen LogP contribution is -2.44. The SMILES string of the molecule is CS(=O)(=O)C1CCCC(C(CC2=CCCCC2)NN)C1. The van der Waals surface area contributed by atoms with E-state index in [1.807, 2.05) is 0 Å². The molecule has 2 aliphatic carbocycles. The van der Waals surface area contributed by atoms with Gasteiger partial charge >= 0.3 is 0 Å². The molecule has 2 rings (SSSR count). The van der Waals surface area contributed by atoms with Gasteiger partial charge in [-0.25, -0.2) is 8.42 Å². The van der Waals surface area contributed by atoms with Gasteiger partial charge < -0.3 is 0 Å². The summed E-state index contributed by atoms with van der Waals surface area (Å²) in [7, 11) is -2.92. The summed E-state index contributed by atoms with van der Waals surface area (Å²) < 4.78 is 23.5. The highest BCUT2D eigenvalue weighted by molar-refractivity contribution is 7.91. The summed E-state index contributed by atoms with van der Waals surface area (Å²) in [6, 6.07) is 0.226. The summed E-state index contributed by atoms with van der Waals surface area (Å²) in [5, 5.41) is -0.169. The van der Waals surface area contributed by atoms with Gasteiger partial charge in [0.05, 0.1) is 5.25 Å². The summed E-state index contributed by atoms with van der Waals surface area (Å²) >= 11 is 0. The molecular weight excluding hydrogens is 272 g/mol. The minimum atomic E-state index is -2.92. The number of nitrogens with one attached hydrogen (secondary N) is 1. The minimum absolute atomic E-state index is 0.169. The van der Waals surface area contributed by atoms with Crippen LogP contribution in [0.5, 0.6) is 0 Å². The highest BCUT2D eigenvalue weighted by atomic mass is 32.2. The molecule has 3 N–H and O–H groups in total. The van der Waals surface area contributed by atoms with Crippen molar-refractivity contribution in [1.82, 2.24) is 5.43 Å². The Labute approximate surface area is 123 Å². The summed E-state index contributed by atoms with van der Waals surface area (Å²) in [4.78, 5) is 0. The van der Waals surface area contributed by atoms with Gasteiger partial charge in [0.1, 0.15) is 9.84 Å². The fourth-order valence-corrected chi connectivity index (χ4v) is 4.86. The molecule has 0 aromatic carbocycles. The van der Waals surface area contributed by atoms with E-state index in [1.165, 1.54) is 37.5 Å². The van der Waals surface area contributed by atoms with Gasteiger partial charge in [-0.05, 0) is 57.3 Å². The maximum absolute atomic E-state index is 11.8. The lowest BCUT2D eigenvalue weighted by atomic mass is 9.80. The summed E-state index contributed by atoms with van der Waals surface area (Å²) in [5.74, 6) is 6.13. The second-order valence-electron chi connectivity index (χ2n) is 6.46. The van der Waals surface area contributed by atoms with E-state index in [0.29, 0.717) is 5.92 Å². The van der Waals surface area contributed by atoms with Crippen molar-refractivity contribution in [2.45, 2.75) is 69.1 Å². The summed E-state index contributed by atoms with van der Waals surface area (Å²) in [5.41, 5.74) is 4.46. The molecule has 0 aromatic heterocycles. The molecule has 0 saturated heterocycles. The van der Waals surface area contributed by atoms with Crippen LogP contribution in [0.15, 0.2) is 11.6 Å². The highest BCUT2D eigenvalue weighted by Gasteiger charge is 2.33. The van der Waals surface area contributed by atoms with E-state index in [9.17, 15) is 8.42 Å². The largest absolute Gasteiger partial charge is 0.271 e. The normalized spacial score (nSPS) is 29.8. The first-order valence-corrected chi connectivity index (χ1v) is 9.79. The maximum atomic E-state index is 11.8. The van der Waals surface area contributed by atoms with Crippen LogP contribution in [0.3, 0.4) is 0 Å². The molecule has 1 fully saturated rings. The molecule has 116 valence electrons. The first kappa shape index (κ1) is 16.0. The Bertz CT molecular complexity index is 445. The smallest absolute Gasteiger partial charge is 0.150 e. The molecule has 4 nitrogen and oxygen atoms in total. The molecule has 3 unspecified atom stereocenters. The third-order valence-corrected chi connectivity index (χ3v) is 6.56. The quantitative estimate of drug-likeness (QED) is 0.464. The molecule has 0 aromatic rings. The molecule has 3 atom stereocenters. The van der Waals surface area contributed by atoms with E-state index in [2.05, 4.69) is 11.5 Å². The molecular formula is C15H28N2O2S. The Morgan fingerprint density at radius 1 is 1.35 bits per heavy atom. The summed E-state index contributed by atoms with van der Waals surface area (Å²) in [6.45, 7) is 0. The molecule has 0 spiro atoms. The first-order valence-electron chi connectivity index (χ1n) is 7.83. The van der Waals surface area contributed by atoms with Gasteiger partial charge in [0.25, 0.3) is 0 Å². The van der Waals surface area contributed by atoms with E-state index in [1.54, 1.807) is 0 Å². The van der Waals surface area contributed by atoms with Crippen molar-refractivity contribution in [3.8, 4) is 0 Å². The Kier molecular flexibility index (Phi) is 5.64. The van der Waals surface area contributed by atoms with Gasteiger partial charge in [-0.15, -0.1) is 0 Å².